The Morgan fingerprint density at radius 1 is 1.25 bits per heavy atom. The molecule has 2 saturated heterocycles. The van der Waals surface area contributed by atoms with Crippen molar-refractivity contribution in [3.8, 4) is 0 Å². The summed E-state index contributed by atoms with van der Waals surface area (Å²) < 4.78 is 0. The molecule has 0 bridgehead atoms. The van der Waals surface area contributed by atoms with Crippen LogP contribution in [0, 0.1) is 0 Å². The van der Waals surface area contributed by atoms with Crippen LogP contribution in [0.3, 0.4) is 0 Å². The topological polar surface area (TPSA) is 118 Å². The number of carbonyl (C=O) groups excluding carboxylic acids is 5. The smallest absolute Gasteiger partial charge is 0.247 e. The summed E-state index contributed by atoms with van der Waals surface area (Å²) in [5.74, 6) is -1.51. The van der Waals surface area contributed by atoms with Crippen LogP contribution in [0.25, 0.3) is 0 Å². The molecule has 2 fully saturated rings. The molecule has 0 radical (unpaired) electrons. The monoisotopic (exact) mass is 403 g/mol. The predicted octanol–water partition coefficient (Wildman–Crippen LogP) is 0.731. The molecule has 2 N–H and O–H groups in total. The standard InChI is InChI=1S/C19H21N3O5S/c1-11(23)12-4-2-5-13(8-12)22-17(25)9-15(19(22)27)28-10-14(18(20)26)21-7-3-6-16(21)24/h2,4-5,8,14-15H,3,6-7,9-10H2,1H3,(H2,20,26)/t14-,15?/m0/s1. The predicted molar refractivity (Wildman–Crippen MR) is 104 cm³/mol. The SMILES string of the molecule is CC(=O)c1cccc(N2C(=O)CC(SC[C@@H](C(N)=O)N3CCCC3=O)C2=O)c1. The number of imide groups is 1. The van der Waals surface area contributed by atoms with Crippen molar-refractivity contribution in [3.05, 3.63) is 29.8 Å². The largest absolute Gasteiger partial charge is 0.368 e. The van der Waals surface area contributed by atoms with E-state index >= 15 is 0 Å². The van der Waals surface area contributed by atoms with Gasteiger partial charge in [-0.3, -0.25) is 24.0 Å². The summed E-state index contributed by atoms with van der Waals surface area (Å²) in [6.07, 6.45) is 1.05. The second-order valence-corrected chi connectivity index (χ2v) is 8.04. The molecule has 0 spiro atoms. The third-order valence-electron chi connectivity index (χ3n) is 4.89. The number of nitrogens with zero attached hydrogens (tertiary/aromatic N) is 2. The minimum absolute atomic E-state index is 0.00672. The van der Waals surface area contributed by atoms with Crippen LogP contribution < -0.4 is 10.6 Å². The summed E-state index contributed by atoms with van der Waals surface area (Å²) in [4.78, 5) is 63.0. The number of carbonyl (C=O) groups is 5. The molecule has 9 heteroatoms. The van der Waals surface area contributed by atoms with Crippen LogP contribution in [0.5, 0.6) is 0 Å². The molecule has 148 valence electrons. The molecule has 4 amide bonds. The Morgan fingerprint density at radius 2 is 2.00 bits per heavy atom. The summed E-state index contributed by atoms with van der Waals surface area (Å²) in [7, 11) is 0. The van der Waals surface area contributed by atoms with Crippen LogP contribution in [-0.4, -0.2) is 57.9 Å². The molecule has 0 saturated carbocycles. The number of thioether (sulfide) groups is 1. The van der Waals surface area contributed by atoms with E-state index in [0.29, 0.717) is 30.6 Å². The zero-order valence-electron chi connectivity index (χ0n) is 15.4. The lowest BCUT2D eigenvalue weighted by Crippen LogP contribution is -2.47. The number of primary amides is 1. The molecule has 2 aliphatic heterocycles. The molecule has 1 aromatic carbocycles. The molecule has 1 aromatic rings. The fourth-order valence-corrected chi connectivity index (χ4v) is 4.67. The van der Waals surface area contributed by atoms with Gasteiger partial charge in [-0.1, -0.05) is 12.1 Å². The number of hydrogen-bond acceptors (Lipinski definition) is 6. The average Bonchev–Trinajstić information content (AvgIpc) is 3.18. The molecular weight excluding hydrogens is 382 g/mol. The highest BCUT2D eigenvalue weighted by Crippen LogP contribution is 2.31. The number of rotatable bonds is 7. The van der Waals surface area contributed by atoms with Gasteiger partial charge >= 0.3 is 0 Å². The first-order valence-corrected chi connectivity index (χ1v) is 10.0. The molecule has 3 rings (SSSR count). The number of anilines is 1. The van der Waals surface area contributed by atoms with Crippen molar-refractivity contribution in [2.45, 2.75) is 37.5 Å². The lowest BCUT2D eigenvalue weighted by Gasteiger charge is -2.25. The fraction of sp³-hybridized carbons (Fsp3) is 0.421. The van der Waals surface area contributed by atoms with E-state index in [2.05, 4.69) is 0 Å². The van der Waals surface area contributed by atoms with Crippen LogP contribution in [-0.2, 0) is 19.2 Å². The Hall–Kier alpha value is -2.68. The molecule has 8 nitrogen and oxygen atoms in total. The third-order valence-corrected chi connectivity index (χ3v) is 6.16. The number of nitrogens with two attached hydrogens (primary N) is 1. The van der Waals surface area contributed by atoms with Crippen LogP contribution in [0.15, 0.2) is 24.3 Å². The van der Waals surface area contributed by atoms with Crippen LogP contribution in [0.4, 0.5) is 5.69 Å². The zero-order chi connectivity index (χ0) is 20.4. The number of amides is 4. The maximum Gasteiger partial charge on any atom is 0.247 e. The molecule has 28 heavy (non-hydrogen) atoms. The maximum atomic E-state index is 12.8. The maximum absolute atomic E-state index is 12.8. The lowest BCUT2D eigenvalue weighted by molar-refractivity contribution is -0.135. The van der Waals surface area contributed by atoms with Crippen LogP contribution in [0.1, 0.15) is 36.5 Å². The quantitative estimate of drug-likeness (QED) is 0.530. The third kappa shape index (κ3) is 3.94. The fourth-order valence-electron chi connectivity index (χ4n) is 3.40. The van der Waals surface area contributed by atoms with E-state index in [1.807, 2.05) is 0 Å². The van der Waals surface area contributed by atoms with Gasteiger partial charge < -0.3 is 10.6 Å². The molecule has 2 atom stereocenters. The van der Waals surface area contributed by atoms with E-state index in [4.69, 9.17) is 5.73 Å². The Labute approximate surface area is 166 Å². The van der Waals surface area contributed by atoms with Gasteiger partial charge in [-0.15, -0.1) is 11.8 Å². The Kier molecular flexibility index (Phi) is 5.83. The Bertz CT molecular complexity index is 856. The van der Waals surface area contributed by atoms with Gasteiger partial charge in [-0.25, -0.2) is 4.90 Å². The number of hydrogen-bond donors (Lipinski definition) is 1. The Morgan fingerprint density at radius 3 is 2.61 bits per heavy atom. The number of likely N-dealkylation sites (tertiary alicyclic amines) is 1. The van der Waals surface area contributed by atoms with E-state index in [9.17, 15) is 24.0 Å². The van der Waals surface area contributed by atoms with Crippen molar-refractivity contribution in [2.24, 2.45) is 5.73 Å². The highest BCUT2D eigenvalue weighted by Gasteiger charge is 2.41. The molecule has 0 aliphatic carbocycles. The molecule has 0 aromatic heterocycles. The van der Waals surface area contributed by atoms with E-state index in [1.54, 1.807) is 18.2 Å². The summed E-state index contributed by atoms with van der Waals surface area (Å²) in [5.41, 5.74) is 6.21. The minimum Gasteiger partial charge on any atom is -0.368 e. The number of benzene rings is 1. The lowest BCUT2D eigenvalue weighted by atomic mass is 10.1. The van der Waals surface area contributed by atoms with Gasteiger partial charge in [0.15, 0.2) is 5.78 Å². The minimum atomic E-state index is -0.794. The molecule has 2 heterocycles. The first-order valence-electron chi connectivity index (χ1n) is 8.97. The van der Waals surface area contributed by atoms with Crippen molar-refractivity contribution >= 4 is 46.9 Å². The van der Waals surface area contributed by atoms with Crippen molar-refractivity contribution in [1.29, 1.82) is 0 Å². The van der Waals surface area contributed by atoms with Gasteiger partial charge in [0.1, 0.15) is 6.04 Å². The second kappa shape index (κ2) is 8.14. The summed E-state index contributed by atoms with van der Waals surface area (Å²) >= 11 is 1.16. The summed E-state index contributed by atoms with van der Waals surface area (Å²) in [6.45, 7) is 1.88. The van der Waals surface area contributed by atoms with Crippen molar-refractivity contribution in [2.75, 3.05) is 17.2 Å². The van der Waals surface area contributed by atoms with Gasteiger partial charge in [0, 0.05) is 30.7 Å². The average molecular weight is 403 g/mol. The number of ketones is 1. The highest BCUT2D eigenvalue weighted by atomic mass is 32.2. The Balaban J connectivity index is 1.71. The van der Waals surface area contributed by atoms with Gasteiger partial charge in [0.05, 0.1) is 10.9 Å². The van der Waals surface area contributed by atoms with Crippen molar-refractivity contribution in [3.63, 3.8) is 0 Å². The molecule has 2 aliphatic rings. The number of Topliss-reactive ketones (excluding diaryl/α,β-unsaturated/α-hetero) is 1. The van der Waals surface area contributed by atoms with Crippen LogP contribution >= 0.6 is 11.8 Å². The van der Waals surface area contributed by atoms with Crippen LogP contribution in [0.2, 0.25) is 0 Å². The molecular formula is C19H21N3O5S. The highest BCUT2D eigenvalue weighted by molar-refractivity contribution is 8.00. The van der Waals surface area contributed by atoms with Gasteiger partial charge in [0.2, 0.25) is 23.6 Å². The van der Waals surface area contributed by atoms with Gasteiger partial charge in [-0.2, -0.15) is 0 Å². The normalized spacial score (nSPS) is 20.8. The van der Waals surface area contributed by atoms with Crippen molar-refractivity contribution < 1.29 is 24.0 Å². The van der Waals surface area contributed by atoms with Gasteiger partial charge in [0.25, 0.3) is 0 Å². The second-order valence-electron chi connectivity index (χ2n) is 6.81. The first-order chi connectivity index (χ1) is 13.3. The van der Waals surface area contributed by atoms with Crippen molar-refractivity contribution in [1.82, 2.24) is 4.90 Å². The van der Waals surface area contributed by atoms with E-state index in [1.165, 1.54) is 17.9 Å². The summed E-state index contributed by atoms with van der Waals surface area (Å²) in [6, 6.07) is 5.56. The zero-order valence-corrected chi connectivity index (χ0v) is 16.2. The molecule has 1 unspecified atom stereocenters. The van der Waals surface area contributed by atoms with Gasteiger partial charge in [-0.05, 0) is 25.5 Å². The van der Waals surface area contributed by atoms with E-state index < -0.39 is 23.1 Å². The van der Waals surface area contributed by atoms with E-state index in [0.717, 1.165) is 16.7 Å². The first kappa shape index (κ1) is 20.1. The summed E-state index contributed by atoms with van der Waals surface area (Å²) in [5, 5.41) is -0.659. The van der Waals surface area contributed by atoms with E-state index in [-0.39, 0.29) is 29.8 Å².